The van der Waals surface area contributed by atoms with E-state index >= 15 is 0 Å². The smallest absolute Gasteiger partial charge is 0.341 e. The molecule has 120 valence electrons. The van der Waals surface area contributed by atoms with Gasteiger partial charge in [0.15, 0.2) is 5.54 Å². The molecule has 2 aromatic rings. The lowest BCUT2D eigenvalue weighted by atomic mass is 10.1. The number of ether oxygens (including phenoxy) is 2. The maximum absolute atomic E-state index is 12.3. The molecule has 24 heavy (non-hydrogen) atoms. The fourth-order valence-corrected chi connectivity index (χ4v) is 3.06. The van der Waals surface area contributed by atoms with Gasteiger partial charge in [-0.3, -0.25) is 4.79 Å². The van der Waals surface area contributed by atoms with Gasteiger partial charge in [0.05, 0.1) is 0 Å². The summed E-state index contributed by atoms with van der Waals surface area (Å²) in [7, 11) is 0. The quantitative estimate of drug-likeness (QED) is 0.644. The monoisotopic (exact) mass is 321 g/mol. The van der Waals surface area contributed by atoms with E-state index < -0.39 is 5.54 Å². The van der Waals surface area contributed by atoms with Crippen molar-refractivity contribution in [3.8, 4) is 5.75 Å². The third kappa shape index (κ3) is 2.38. The van der Waals surface area contributed by atoms with Gasteiger partial charge in [-0.25, -0.2) is 9.79 Å². The number of carbonyl (C=O) groups is 2. The van der Waals surface area contributed by atoms with E-state index in [9.17, 15) is 9.59 Å². The Morgan fingerprint density at radius 1 is 1.17 bits per heavy atom. The third-order valence-corrected chi connectivity index (χ3v) is 4.34. The number of benzene rings is 2. The minimum atomic E-state index is -0.797. The molecule has 2 aromatic carbocycles. The summed E-state index contributed by atoms with van der Waals surface area (Å²) in [5, 5.41) is 0. The number of carbonyl (C=O) groups excluding carboxylic acids is 2. The standard InChI is InChI=1S/C19H15NO4/c1-12(21)23-15-9-7-13(8-10-15)16-11-19(16)18(22)24-17(20-19)14-5-3-2-4-6-14/h2-10,16H,11H2,1H3/t16-,19?/m0/s1. The highest BCUT2D eigenvalue weighted by molar-refractivity contribution is 6.10. The van der Waals surface area contributed by atoms with Crippen LogP contribution >= 0.6 is 0 Å². The Morgan fingerprint density at radius 2 is 1.88 bits per heavy atom. The predicted octanol–water partition coefficient (Wildman–Crippen LogP) is 2.84. The highest BCUT2D eigenvalue weighted by Crippen LogP contribution is 2.57. The van der Waals surface area contributed by atoms with Crippen molar-refractivity contribution in [3.05, 3.63) is 65.7 Å². The molecular weight excluding hydrogens is 306 g/mol. The highest BCUT2D eigenvalue weighted by atomic mass is 16.6. The van der Waals surface area contributed by atoms with Crippen molar-refractivity contribution < 1.29 is 19.1 Å². The molecule has 1 heterocycles. The summed E-state index contributed by atoms with van der Waals surface area (Å²) >= 11 is 0. The van der Waals surface area contributed by atoms with E-state index in [4.69, 9.17) is 9.47 Å². The van der Waals surface area contributed by atoms with E-state index in [-0.39, 0.29) is 17.9 Å². The molecule has 0 bridgehead atoms. The summed E-state index contributed by atoms with van der Waals surface area (Å²) in [4.78, 5) is 27.9. The van der Waals surface area contributed by atoms with Crippen LogP contribution in [0.25, 0.3) is 0 Å². The fraction of sp³-hybridized carbons (Fsp3) is 0.211. The van der Waals surface area contributed by atoms with E-state index in [1.807, 2.05) is 42.5 Å². The average molecular weight is 321 g/mol. The summed E-state index contributed by atoms with van der Waals surface area (Å²) in [6.45, 7) is 1.36. The Labute approximate surface area is 138 Å². The molecule has 0 radical (unpaired) electrons. The van der Waals surface area contributed by atoms with Gasteiger partial charge in [0, 0.05) is 18.4 Å². The minimum absolute atomic E-state index is 0.00223. The first-order valence-electron chi connectivity index (χ1n) is 7.74. The molecule has 4 rings (SSSR count). The Kier molecular flexibility index (Phi) is 3.23. The summed E-state index contributed by atoms with van der Waals surface area (Å²) < 4.78 is 10.4. The van der Waals surface area contributed by atoms with Crippen LogP contribution in [0.2, 0.25) is 0 Å². The number of aliphatic imine (C=N–C) groups is 1. The second-order valence-electron chi connectivity index (χ2n) is 6.02. The largest absolute Gasteiger partial charge is 0.427 e. The van der Waals surface area contributed by atoms with Crippen molar-refractivity contribution >= 4 is 17.8 Å². The fourth-order valence-electron chi connectivity index (χ4n) is 3.06. The Morgan fingerprint density at radius 3 is 2.54 bits per heavy atom. The molecule has 1 saturated carbocycles. The third-order valence-electron chi connectivity index (χ3n) is 4.34. The van der Waals surface area contributed by atoms with Crippen LogP contribution in [0.4, 0.5) is 0 Å². The van der Waals surface area contributed by atoms with Crippen molar-refractivity contribution in [2.75, 3.05) is 0 Å². The van der Waals surface area contributed by atoms with E-state index in [1.54, 1.807) is 12.1 Å². The van der Waals surface area contributed by atoms with Crippen LogP contribution in [-0.4, -0.2) is 23.4 Å². The molecule has 0 amide bonds. The second-order valence-corrected chi connectivity index (χ2v) is 6.02. The van der Waals surface area contributed by atoms with Crippen LogP contribution < -0.4 is 4.74 Å². The normalized spacial score (nSPS) is 24.5. The van der Waals surface area contributed by atoms with Gasteiger partial charge in [-0.05, 0) is 36.2 Å². The van der Waals surface area contributed by atoms with Crippen molar-refractivity contribution in [2.45, 2.75) is 24.8 Å². The Hall–Kier alpha value is -2.95. The van der Waals surface area contributed by atoms with Crippen molar-refractivity contribution in [2.24, 2.45) is 4.99 Å². The summed E-state index contributed by atoms with van der Waals surface area (Å²) in [6.07, 6.45) is 0.634. The minimum Gasteiger partial charge on any atom is -0.427 e. The lowest BCUT2D eigenvalue weighted by Gasteiger charge is -2.05. The van der Waals surface area contributed by atoms with Crippen molar-refractivity contribution in [1.82, 2.24) is 0 Å². The van der Waals surface area contributed by atoms with Crippen molar-refractivity contribution in [1.29, 1.82) is 0 Å². The van der Waals surface area contributed by atoms with Gasteiger partial charge in [-0.2, -0.15) is 0 Å². The summed E-state index contributed by atoms with van der Waals surface area (Å²) in [5.74, 6) is 0.221. The highest BCUT2D eigenvalue weighted by Gasteiger charge is 2.65. The zero-order chi connectivity index (χ0) is 16.7. The first-order chi connectivity index (χ1) is 11.6. The molecule has 1 fully saturated rings. The molecule has 0 saturated heterocycles. The molecular formula is C19H15NO4. The molecule has 0 aromatic heterocycles. The van der Waals surface area contributed by atoms with Gasteiger partial charge in [0.25, 0.3) is 0 Å². The van der Waals surface area contributed by atoms with Gasteiger partial charge in [0.2, 0.25) is 5.90 Å². The number of nitrogens with zero attached hydrogens (tertiary/aromatic N) is 1. The van der Waals surface area contributed by atoms with E-state index in [0.717, 1.165) is 11.1 Å². The molecule has 5 heteroatoms. The number of hydrogen-bond acceptors (Lipinski definition) is 5. The molecule has 2 atom stereocenters. The first kappa shape index (κ1) is 14.6. The van der Waals surface area contributed by atoms with Gasteiger partial charge >= 0.3 is 11.9 Å². The molecule has 5 nitrogen and oxygen atoms in total. The zero-order valence-electron chi connectivity index (χ0n) is 13.1. The Balaban J connectivity index is 1.57. The number of esters is 2. The lowest BCUT2D eigenvalue weighted by Crippen LogP contribution is -2.18. The van der Waals surface area contributed by atoms with Gasteiger partial charge in [0.1, 0.15) is 5.75 Å². The van der Waals surface area contributed by atoms with Gasteiger partial charge in [-0.15, -0.1) is 0 Å². The first-order valence-corrected chi connectivity index (χ1v) is 7.74. The van der Waals surface area contributed by atoms with Gasteiger partial charge < -0.3 is 9.47 Å². The number of hydrogen-bond donors (Lipinski definition) is 0. The maximum Gasteiger partial charge on any atom is 0.341 e. The van der Waals surface area contributed by atoms with Crippen LogP contribution in [0, 0.1) is 0 Å². The van der Waals surface area contributed by atoms with Crippen molar-refractivity contribution in [3.63, 3.8) is 0 Å². The van der Waals surface area contributed by atoms with Crippen LogP contribution in [0.5, 0.6) is 5.75 Å². The summed E-state index contributed by atoms with van der Waals surface area (Å²) in [6, 6.07) is 16.6. The van der Waals surface area contributed by atoms with Crippen LogP contribution in [-0.2, 0) is 14.3 Å². The van der Waals surface area contributed by atoms with E-state index in [0.29, 0.717) is 18.1 Å². The predicted molar refractivity (Wildman–Crippen MR) is 86.9 cm³/mol. The number of rotatable bonds is 3. The average Bonchev–Trinajstić information content (AvgIpc) is 3.21. The maximum atomic E-state index is 12.3. The molecule has 0 N–H and O–H groups in total. The van der Waals surface area contributed by atoms with Crippen LogP contribution in [0.1, 0.15) is 30.4 Å². The molecule has 1 aliphatic carbocycles. The number of cyclic esters (lactones) is 1. The second kappa shape index (κ2) is 5.30. The molecule has 2 aliphatic rings. The SMILES string of the molecule is CC(=O)Oc1ccc([C@@H]2CC23N=C(c2ccccc2)OC3=O)cc1. The van der Waals surface area contributed by atoms with Crippen LogP contribution in [0.3, 0.4) is 0 Å². The summed E-state index contributed by atoms with van der Waals surface area (Å²) in [5.41, 5.74) is 0.994. The van der Waals surface area contributed by atoms with E-state index in [1.165, 1.54) is 6.92 Å². The van der Waals surface area contributed by atoms with Crippen LogP contribution in [0.15, 0.2) is 59.6 Å². The Bertz CT molecular complexity index is 841. The van der Waals surface area contributed by atoms with E-state index in [2.05, 4.69) is 4.99 Å². The molecule has 1 unspecified atom stereocenters. The topological polar surface area (TPSA) is 65.0 Å². The molecule has 1 aliphatic heterocycles. The lowest BCUT2D eigenvalue weighted by molar-refractivity contribution is -0.136. The molecule has 1 spiro atoms. The zero-order valence-corrected chi connectivity index (χ0v) is 13.1. The van der Waals surface area contributed by atoms with Gasteiger partial charge in [-0.1, -0.05) is 30.3 Å².